The number of carbonyl (C=O) groups is 1. The highest BCUT2D eigenvalue weighted by Gasteiger charge is 2.12. The van der Waals surface area contributed by atoms with Crippen LogP contribution < -0.4 is 10.1 Å². The van der Waals surface area contributed by atoms with Gasteiger partial charge < -0.3 is 10.1 Å². The van der Waals surface area contributed by atoms with E-state index in [1.54, 1.807) is 30.3 Å². The summed E-state index contributed by atoms with van der Waals surface area (Å²) in [5.41, 5.74) is 2.16. The van der Waals surface area contributed by atoms with Gasteiger partial charge in [-0.05, 0) is 42.5 Å². The molecular formula is C17H13F2N3O2. The summed E-state index contributed by atoms with van der Waals surface area (Å²) in [5.74, 6) is -0.260. The van der Waals surface area contributed by atoms with Crippen LogP contribution >= 0.6 is 0 Å². The number of hydrogen-bond acceptors (Lipinski definition) is 3. The first-order valence-electron chi connectivity index (χ1n) is 7.09. The molecule has 3 aromatic rings. The first-order chi connectivity index (χ1) is 11.6. The lowest BCUT2D eigenvalue weighted by atomic mass is 10.1. The van der Waals surface area contributed by atoms with Gasteiger partial charge in [0.25, 0.3) is 5.91 Å². The zero-order valence-electron chi connectivity index (χ0n) is 12.4. The monoisotopic (exact) mass is 329 g/mol. The molecule has 0 aliphatic carbocycles. The average Bonchev–Trinajstić information content (AvgIpc) is 3.06. The first-order valence-corrected chi connectivity index (χ1v) is 7.09. The number of benzene rings is 2. The number of rotatable bonds is 5. The van der Waals surface area contributed by atoms with Crippen LogP contribution in [0.1, 0.15) is 10.5 Å². The summed E-state index contributed by atoms with van der Waals surface area (Å²) in [6.45, 7) is -2.87. The fourth-order valence-electron chi connectivity index (χ4n) is 2.11. The Hall–Kier alpha value is -3.22. The lowest BCUT2D eigenvalue weighted by Gasteiger charge is -2.04. The number of H-pyrrole nitrogens is 1. The minimum Gasteiger partial charge on any atom is -0.435 e. The predicted octanol–water partition coefficient (Wildman–Crippen LogP) is 3.93. The number of hydrogen-bond donors (Lipinski definition) is 2. The third-order valence-electron chi connectivity index (χ3n) is 3.23. The zero-order valence-corrected chi connectivity index (χ0v) is 12.4. The smallest absolute Gasteiger partial charge is 0.387 e. The van der Waals surface area contributed by atoms with Gasteiger partial charge in [-0.3, -0.25) is 9.89 Å². The van der Waals surface area contributed by atoms with Crippen molar-refractivity contribution in [1.29, 1.82) is 0 Å². The molecular weight excluding hydrogens is 316 g/mol. The summed E-state index contributed by atoms with van der Waals surface area (Å²) in [6, 6.07) is 16.6. The lowest BCUT2D eigenvalue weighted by Crippen LogP contribution is -2.12. The van der Waals surface area contributed by atoms with E-state index in [1.807, 2.05) is 18.2 Å². The fraction of sp³-hybridized carbons (Fsp3) is 0.0588. The topological polar surface area (TPSA) is 67.0 Å². The van der Waals surface area contributed by atoms with Crippen molar-refractivity contribution in [2.75, 3.05) is 5.32 Å². The number of amides is 1. The summed E-state index contributed by atoms with van der Waals surface area (Å²) >= 11 is 0. The molecule has 7 heteroatoms. The van der Waals surface area contributed by atoms with Crippen LogP contribution in [0.4, 0.5) is 14.5 Å². The first kappa shape index (κ1) is 15.7. The van der Waals surface area contributed by atoms with E-state index in [2.05, 4.69) is 20.3 Å². The number of halogens is 2. The maximum absolute atomic E-state index is 12.1. The minimum absolute atomic E-state index is 0.0614. The van der Waals surface area contributed by atoms with Crippen molar-refractivity contribution in [3.63, 3.8) is 0 Å². The SMILES string of the molecule is O=C(Nc1ccccc1)c1cc(-c2ccc(OC(F)F)cc2)n[nH]1. The normalized spacial score (nSPS) is 10.6. The van der Waals surface area contributed by atoms with Gasteiger partial charge in [0.05, 0.1) is 5.69 Å². The Balaban J connectivity index is 1.72. The second-order valence-corrected chi connectivity index (χ2v) is 4.89. The molecule has 0 aliphatic heterocycles. The van der Waals surface area contributed by atoms with Crippen LogP contribution in [0.5, 0.6) is 5.75 Å². The molecule has 0 saturated carbocycles. The molecule has 0 bridgehead atoms. The van der Waals surface area contributed by atoms with E-state index in [9.17, 15) is 13.6 Å². The van der Waals surface area contributed by atoms with Gasteiger partial charge in [0.2, 0.25) is 0 Å². The van der Waals surface area contributed by atoms with Crippen molar-refractivity contribution in [2.24, 2.45) is 0 Å². The van der Waals surface area contributed by atoms with Gasteiger partial charge in [-0.15, -0.1) is 0 Å². The molecule has 1 heterocycles. The van der Waals surface area contributed by atoms with E-state index < -0.39 is 6.61 Å². The Morgan fingerprint density at radius 3 is 2.46 bits per heavy atom. The number of anilines is 1. The van der Waals surface area contributed by atoms with Crippen LogP contribution in [-0.4, -0.2) is 22.7 Å². The molecule has 122 valence electrons. The molecule has 0 fully saturated rings. The number of ether oxygens (including phenoxy) is 1. The van der Waals surface area contributed by atoms with Gasteiger partial charge in [-0.2, -0.15) is 13.9 Å². The Bertz CT molecular complexity index is 817. The van der Waals surface area contributed by atoms with E-state index in [1.165, 1.54) is 12.1 Å². The fourth-order valence-corrected chi connectivity index (χ4v) is 2.11. The Morgan fingerprint density at radius 1 is 1.08 bits per heavy atom. The van der Waals surface area contributed by atoms with Crippen molar-refractivity contribution in [1.82, 2.24) is 10.2 Å². The van der Waals surface area contributed by atoms with Crippen molar-refractivity contribution < 1.29 is 18.3 Å². The Morgan fingerprint density at radius 2 is 1.79 bits per heavy atom. The van der Waals surface area contributed by atoms with E-state index in [0.29, 0.717) is 22.6 Å². The Labute approximate surface area is 136 Å². The molecule has 1 amide bonds. The van der Waals surface area contributed by atoms with E-state index in [-0.39, 0.29) is 11.7 Å². The van der Waals surface area contributed by atoms with Gasteiger partial charge in [0.1, 0.15) is 11.4 Å². The van der Waals surface area contributed by atoms with Crippen molar-refractivity contribution in [3.05, 3.63) is 66.4 Å². The van der Waals surface area contributed by atoms with E-state index in [4.69, 9.17) is 0 Å². The lowest BCUT2D eigenvalue weighted by molar-refractivity contribution is -0.0498. The van der Waals surface area contributed by atoms with Gasteiger partial charge >= 0.3 is 6.61 Å². The molecule has 2 N–H and O–H groups in total. The molecule has 2 aromatic carbocycles. The van der Waals surface area contributed by atoms with Crippen LogP contribution in [0.15, 0.2) is 60.7 Å². The highest BCUT2D eigenvalue weighted by Crippen LogP contribution is 2.22. The summed E-state index contributed by atoms with van der Waals surface area (Å²) in [7, 11) is 0. The van der Waals surface area contributed by atoms with Gasteiger partial charge in [0, 0.05) is 11.3 Å². The number of nitrogens with zero attached hydrogens (tertiary/aromatic N) is 1. The zero-order chi connectivity index (χ0) is 16.9. The molecule has 0 aliphatic rings. The maximum Gasteiger partial charge on any atom is 0.387 e. The van der Waals surface area contributed by atoms with Crippen LogP contribution in [0.2, 0.25) is 0 Å². The average molecular weight is 329 g/mol. The highest BCUT2D eigenvalue weighted by molar-refractivity contribution is 6.03. The van der Waals surface area contributed by atoms with Crippen molar-refractivity contribution in [2.45, 2.75) is 6.61 Å². The van der Waals surface area contributed by atoms with Gasteiger partial charge in [0.15, 0.2) is 0 Å². The van der Waals surface area contributed by atoms with E-state index >= 15 is 0 Å². The molecule has 0 radical (unpaired) electrons. The van der Waals surface area contributed by atoms with Crippen LogP contribution in [0.3, 0.4) is 0 Å². The number of carbonyl (C=O) groups excluding carboxylic acids is 1. The quantitative estimate of drug-likeness (QED) is 0.745. The molecule has 1 aromatic heterocycles. The summed E-state index contributed by atoms with van der Waals surface area (Å²) in [4.78, 5) is 12.1. The number of nitrogens with one attached hydrogen (secondary N) is 2. The highest BCUT2D eigenvalue weighted by atomic mass is 19.3. The van der Waals surface area contributed by atoms with Crippen LogP contribution in [0, 0.1) is 0 Å². The standard InChI is InChI=1S/C17H13F2N3O2/c18-17(19)24-13-8-6-11(7-9-13)14-10-15(22-21-14)16(23)20-12-4-2-1-3-5-12/h1-10,17H,(H,20,23)(H,21,22). The van der Waals surface area contributed by atoms with Gasteiger partial charge in [-0.25, -0.2) is 0 Å². The van der Waals surface area contributed by atoms with E-state index in [0.717, 1.165) is 0 Å². The summed E-state index contributed by atoms with van der Waals surface area (Å²) in [6.07, 6.45) is 0. The molecule has 3 rings (SSSR count). The second kappa shape index (κ2) is 6.91. The minimum atomic E-state index is -2.87. The molecule has 5 nitrogen and oxygen atoms in total. The third kappa shape index (κ3) is 3.75. The molecule has 0 saturated heterocycles. The molecule has 24 heavy (non-hydrogen) atoms. The van der Waals surface area contributed by atoms with Crippen LogP contribution in [0.25, 0.3) is 11.3 Å². The Kier molecular flexibility index (Phi) is 4.51. The second-order valence-electron chi connectivity index (χ2n) is 4.89. The molecule has 0 spiro atoms. The van der Waals surface area contributed by atoms with Crippen LogP contribution in [-0.2, 0) is 0 Å². The number of para-hydroxylation sites is 1. The summed E-state index contributed by atoms with van der Waals surface area (Å²) in [5, 5.41) is 9.46. The van der Waals surface area contributed by atoms with Crippen molar-refractivity contribution in [3.8, 4) is 17.0 Å². The molecule has 0 unspecified atom stereocenters. The number of alkyl halides is 2. The maximum atomic E-state index is 12.1. The largest absolute Gasteiger partial charge is 0.435 e. The molecule has 0 atom stereocenters. The van der Waals surface area contributed by atoms with Gasteiger partial charge in [-0.1, -0.05) is 18.2 Å². The number of aromatic nitrogens is 2. The predicted molar refractivity (Wildman–Crippen MR) is 85.1 cm³/mol. The summed E-state index contributed by atoms with van der Waals surface area (Å²) < 4.78 is 28.6. The number of aromatic amines is 1. The van der Waals surface area contributed by atoms with Crippen molar-refractivity contribution >= 4 is 11.6 Å². The third-order valence-corrected chi connectivity index (χ3v) is 3.23.